The van der Waals surface area contributed by atoms with E-state index in [0.29, 0.717) is 0 Å². The van der Waals surface area contributed by atoms with Gasteiger partial charge in [0.15, 0.2) is 0 Å². The van der Waals surface area contributed by atoms with Crippen molar-refractivity contribution in [3.63, 3.8) is 0 Å². The Bertz CT molecular complexity index is 1440. The molecule has 170 valence electrons. The van der Waals surface area contributed by atoms with Crippen LogP contribution in [0.3, 0.4) is 0 Å². The number of hydrogen-bond acceptors (Lipinski definition) is 4. The lowest BCUT2D eigenvalue weighted by molar-refractivity contribution is -0.130. The number of amides is 2. The summed E-state index contributed by atoms with van der Waals surface area (Å²) in [5.74, 6) is -2.65. The highest BCUT2D eigenvalue weighted by Gasteiger charge is 2.35. The van der Waals surface area contributed by atoms with E-state index in [1.165, 1.54) is 41.0 Å². The van der Waals surface area contributed by atoms with Crippen molar-refractivity contribution in [3.8, 4) is 16.9 Å². The number of carbonyl (C=O) groups excluding carboxylic acids is 2. The average molecular weight is 477 g/mol. The number of nitrogens with one attached hydrogen (secondary N) is 1. The lowest BCUT2D eigenvalue weighted by atomic mass is 10.0. The minimum atomic E-state index is -0.792. The minimum Gasteiger partial charge on any atom is -0.507 e. The quantitative estimate of drug-likeness (QED) is 0.413. The van der Waals surface area contributed by atoms with E-state index in [0.717, 1.165) is 28.5 Å². The molecule has 4 aromatic carbocycles. The summed E-state index contributed by atoms with van der Waals surface area (Å²) in [4.78, 5) is 25.6. The number of nitrogens with zero attached hydrogens (tertiary/aromatic N) is 1. The summed E-state index contributed by atoms with van der Waals surface area (Å²) in [6.07, 6.45) is 0. The molecule has 0 radical (unpaired) electrons. The van der Waals surface area contributed by atoms with Gasteiger partial charge in [-0.25, -0.2) is 13.8 Å². The molecule has 1 aliphatic rings. The number of hydrogen-bond donors (Lipinski definition) is 2. The van der Waals surface area contributed by atoms with Crippen LogP contribution in [0.25, 0.3) is 21.9 Å². The molecular formula is C26H18F2N2O3S. The SMILES string of the molecule is O=C(NN1C(=O)CSC1c1ccc2ccccc2c1)c1cc(-c2ccc(F)cc2F)ccc1O. The normalized spacial score (nSPS) is 15.6. The molecule has 1 heterocycles. The Morgan fingerprint density at radius 3 is 2.56 bits per heavy atom. The first kappa shape index (κ1) is 21.9. The number of halogens is 2. The van der Waals surface area contributed by atoms with Crippen molar-refractivity contribution in [1.29, 1.82) is 0 Å². The number of benzene rings is 4. The third-order valence-corrected chi connectivity index (χ3v) is 6.84. The monoisotopic (exact) mass is 476 g/mol. The van der Waals surface area contributed by atoms with E-state index in [9.17, 15) is 23.5 Å². The second-order valence-electron chi connectivity index (χ2n) is 7.83. The van der Waals surface area contributed by atoms with Crippen molar-refractivity contribution in [3.05, 3.63) is 102 Å². The number of hydrazine groups is 1. The predicted molar refractivity (Wildman–Crippen MR) is 127 cm³/mol. The van der Waals surface area contributed by atoms with Gasteiger partial charge in [-0.1, -0.05) is 42.5 Å². The Morgan fingerprint density at radius 2 is 1.76 bits per heavy atom. The molecule has 0 saturated carbocycles. The molecule has 1 saturated heterocycles. The number of carbonyl (C=O) groups is 2. The van der Waals surface area contributed by atoms with Crippen LogP contribution < -0.4 is 5.43 Å². The maximum absolute atomic E-state index is 14.2. The highest BCUT2D eigenvalue weighted by Crippen LogP contribution is 2.38. The van der Waals surface area contributed by atoms with Gasteiger partial charge in [-0.3, -0.25) is 15.0 Å². The van der Waals surface area contributed by atoms with Gasteiger partial charge in [-0.05, 0) is 52.2 Å². The Labute approximate surface area is 198 Å². The molecule has 1 unspecified atom stereocenters. The fourth-order valence-electron chi connectivity index (χ4n) is 3.93. The lowest BCUT2D eigenvalue weighted by Gasteiger charge is -2.25. The van der Waals surface area contributed by atoms with Crippen molar-refractivity contribution in [2.24, 2.45) is 0 Å². The van der Waals surface area contributed by atoms with Gasteiger partial charge in [0.05, 0.1) is 11.3 Å². The second kappa shape index (κ2) is 8.79. The van der Waals surface area contributed by atoms with Crippen LogP contribution in [0.5, 0.6) is 5.75 Å². The Balaban J connectivity index is 1.43. The summed E-state index contributed by atoms with van der Waals surface area (Å²) < 4.78 is 27.5. The van der Waals surface area contributed by atoms with Crippen molar-refractivity contribution in [2.45, 2.75) is 5.37 Å². The molecule has 0 aliphatic carbocycles. The van der Waals surface area contributed by atoms with Crippen LogP contribution in [0.2, 0.25) is 0 Å². The van der Waals surface area contributed by atoms with Gasteiger partial charge >= 0.3 is 0 Å². The standard InChI is InChI=1S/C26H18F2N2O3S/c27-19-8-9-20(22(28)13-19)17-7-10-23(31)21(12-17)25(33)29-30-24(32)14-34-26(30)18-6-5-15-3-1-2-4-16(15)11-18/h1-13,26,31H,14H2,(H,29,33). The molecule has 34 heavy (non-hydrogen) atoms. The van der Waals surface area contributed by atoms with Crippen LogP contribution in [0, 0.1) is 11.6 Å². The molecule has 0 aromatic heterocycles. The predicted octanol–water partition coefficient (Wildman–Crippen LogP) is 5.41. The Kier molecular flexibility index (Phi) is 5.67. The van der Waals surface area contributed by atoms with E-state index in [4.69, 9.17) is 0 Å². The van der Waals surface area contributed by atoms with E-state index in [1.54, 1.807) is 0 Å². The minimum absolute atomic E-state index is 0.0808. The maximum Gasteiger partial charge on any atom is 0.273 e. The molecule has 5 nitrogen and oxygen atoms in total. The summed E-state index contributed by atoms with van der Waals surface area (Å²) >= 11 is 1.38. The number of phenols is 1. The molecule has 4 aromatic rings. The maximum atomic E-state index is 14.2. The number of aromatic hydroxyl groups is 1. The number of fused-ring (bicyclic) bond motifs is 1. The fourth-order valence-corrected chi connectivity index (χ4v) is 5.03. The first-order valence-corrected chi connectivity index (χ1v) is 11.5. The molecule has 8 heteroatoms. The number of thioether (sulfide) groups is 1. The van der Waals surface area contributed by atoms with Crippen LogP contribution in [-0.2, 0) is 4.79 Å². The average Bonchev–Trinajstić information content (AvgIpc) is 3.19. The third-order valence-electron chi connectivity index (χ3n) is 5.63. The van der Waals surface area contributed by atoms with Crippen LogP contribution in [0.15, 0.2) is 78.9 Å². The van der Waals surface area contributed by atoms with Crippen molar-refractivity contribution in [2.75, 3.05) is 5.75 Å². The van der Waals surface area contributed by atoms with Crippen molar-refractivity contribution >= 4 is 34.3 Å². The molecule has 5 rings (SSSR count). The topological polar surface area (TPSA) is 69.6 Å². The van der Waals surface area contributed by atoms with E-state index >= 15 is 0 Å². The van der Waals surface area contributed by atoms with Gasteiger partial charge in [-0.2, -0.15) is 0 Å². The van der Waals surface area contributed by atoms with Gasteiger partial charge in [0.25, 0.3) is 11.8 Å². The molecule has 0 spiro atoms. The lowest BCUT2D eigenvalue weighted by Crippen LogP contribution is -2.44. The molecule has 2 N–H and O–H groups in total. The van der Waals surface area contributed by atoms with Gasteiger partial charge in [0, 0.05) is 11.6 Å². The molecule has 2 amide bonds. The summed E-state index contributed by atoms with van der Waals surface area (Å²) in [5, 5.41) is 13.2. The first-order chi connectivity index (χ1) is 16.4. The van der Waals surface area contributed by atoms with E-state index in [2.05, 4.69) is 5.43 Å². The van der Waals surface area contributed by atoms with E-state index in [-0.39, 0.29) is 34.1 Å². The smallest absolute Gasteiger partial charge is 0.273 e. The molecule has 0 bridgehead atoms. The number of phenolic OH excluding ortho intramolecular Hbond substituents is 1. The zero-order chi connectivity index (χ0) is 23.8. The van der Waals surface area contributed by atoms with Crippen molar-refractivity contribution < 1.29 is 23.5 Å². The summed E-state index contributed by atoms with van der Waals surface area (Å²) in [6, 6.07) is 20.8. The van der Waals surface area contributed by atoms with E-state index in [1.807, 2.05) is 42.5 Å². The zero-order valence-corrected chi connectivity index (χ0v) is 18.5. The highest BCUT2D eigenvalue weighted by molar-refractivity contribution is 8.00. The summed E-state index contributed by atoms with van der Waals surface area (Å²) in [5.41, 5.74) is 3.67. The third kappa shape index (κ3) is 4.08. The van der Waals surface area contributed by atoms with Crippen LogP contribution in [0.4, 0.5) is 8.78 Å². The van der Waals surface area contributed by atoms with Crippen molar-refractivity contribution in [1.82, 2.24) is 10.4 Å². The Morgan fingerprint density at radius 1 is 0.971 bits per heavy atom. The molecule has 1 atom stereocenters. The van der Waals surface area contributed by atoms with E-state index < -0.39 is 22.9 Å². The largest absolute Gasteiger partial charge is 0.507 e. The van der Waals surface area contributed by atoms with Gasteiger partial charge in [0.2, 0.25) is 0 Å². The second-order valence-corrected chi connectivity index (χ2v) is 8.90. The van der Waals surface area contributed by atoms with Crippen LogP contribution >= 0.6 is 11.8 Å². The molecule has 1 fully saturated rings. The first-order valence-electron chi connectivity index (χ1n) is 10.4. The van der Waals surface area contributed by atoms with Gasteiger partial charge in [-0.15, -0.1) is 11.8 Å². The number of rotatable bonds is 4. The zero-order valence-electron chi connectivity index (χ0n) is 17.7. The van der Waals surface area contributed by atoms with Gasteiger partial charge in [0.1, 0.15) is 22.8 Å². The summed E-state index contributed by atoms with van der Waals surface area (Å²) in [7, 11) is 0. The van der Waals surface area contributed by atoms with Crippen LogP contribution in [0.1, 0.15) is 21.3 Å². The fraction of sp³-hybridized carbons (Fsp3) is 0.0769. The van der Waals surface area contributed by atoms with Crippen LogP contribution in [-0.4, -0.2) is 27.7 Å². The Hall–Kier alpha value is -3.91. The molecule has 1 aliphatic heterocycles. The molecular weight excluding hydrogens is 458 g/mol. The summed E-state index contributed by atoms with van der Waals surface area (Å²) in [6.45, 7) is 0. The van der Waals surface area contributed by atoms with Gasteiger partial charge < -0.3 is 5.11 Å². The highest BCUT2D eigenvalue weighted by atomic mass is 32.2.